The molecule has 0 aromatic heterocycles. The van der Waals surface area contributed by atoms with Gasteiger partial charge in [-0.1, -0.05) is 59.8 Å². The molecular weight excluding hydrogens is 316 g/mol. The van der Waals surface area contributed by atoms with Crippen molar-refractivity contribution in [3.63, 3.8) is 0 Å². The highest BCUT2D eigenvalue weighted by atomic mass is 16.6. The Morgan fingerprint density at radius 2 is 1.56 bits per heavy atom. The monoisotopic (exact) mass is 356 g/mol. The molecule has 4 nitrogen and oxygen atoms in total. The van der Waals surface area contributed by atoms with E-state index in [-0.39, 0.29) is 24.2 Å². The van der Waals surface area contributed by atoms with Crippen LogP contribution in [-0.4, -0.2) is 31.1 Å². The van der Waals surface area contributed by atoms with Crippen LogP contribution < -0.4 is 0 Å². The van der Waals surface area contributed by atoms with Gasteiger partial charge in [-0.2, -0.15) is 0 Å². The second kappa shape index (κ2) is 15.4. The van der Waals surface area contributed by atoms with Crippen LogP contribution in [0.15, 0.2) is 0 Å². The predicted octanol–water partition coefficient (Wildman–Crippen LogP) is 5.33. The predicted molar refractivity (Wildman–Crippen MR) is 103 cm³/mol. The van der Waals surface area contributed by atoms with Gasteiger partial charge >= 0.3 is 5.97 Å². The summed E-state index contributed by atoms with van der Waals surface area (Å²) < 4.78 is 10.9. The third-order valence-electron chi connectivity index (χ3n) is 4.35. The van der Waals surface area contributed by atoms with Gasteiger partial charge in [-0.25, -0.2) is 0 Å². The number of hydrogen-bond donors (Lipinski definition) is 0. The largest absolute Gasteiger partial charge is 0.460 e. The average molecular weight is 357 g/mol. The lowest BCUT2D eigenvalue weighted by Crippen LogP contribution is -2.25. The third kappa shape index (κ3) is 14.0. The highest BCUT2D eigenvalue weighted by Crippen LogP contribution is 2.18. The average Bonchev–Trinajstić information content (AvgIpc) is 2.54. The van der Waals surface area contributed by atoms with Crippen LogP contribution in [0.25, 0.3) is 0 Å². The highest BCUT2D eigenvalue weighted by Gasteiger charge is 2.22. The molecule has 0 aliphatic carbocycles. The van der Waals surface area contributed by atoms with E-state index in [9.17, 15) is 9.59 Å². The summed E-state index contributed by atoms with van der Waals surface area (Å²) in [5.74, 6) is -0.00435. The maximum Gasteiger partial charge on any atom is 0.313 e. The Morgan fingerprint density at radius 3 is 2.16 bits per heavy atom. The van der Waals surface area contributed by atoms with Crippen molar-refractivity contribution in [3.05, 3.63) is 0 Å². The van der Waals surface area contributed by atoms with Crippen LogP contribution in [0.1, 0.15) is 92.4 Å². The maximum atomic E-state index is 12.2. The molecule has 0 bridgehead atoms. The van der Waals surface area contributed by atoms with Crippen molar-refractivity contribution < 1.29 is 19.1 Å². The number of Topliss-reactive ketones (excluding diaryl/α,β-unsaturated/α-hetero) is 1. The molecule has 2 unspecified atom stereocenters. The molecule has 2 atom stereocenters. The molecular formula is C21H40O4. The zero-order valence-corrected chi connectivity index (χ0v) is 17.1. The fourth-order valence-corrected chi connectivity index (χ4v) is 2.92. The van der Waals surface area contributed by atoms with Crippen LogP contribution >= 0.6 is 0 Å². The van der Waals surface area contributed by atoms with Crippen molar-refractivity contribution in [3.8, 4) is 0 Å². The third-order valence-corrected chi connectivity index (χ3v) is 4.35. The number of carbonyl (C=O) groups excluding carboxylic acids is 2. The summed E-state index contributed by atoms with van der Waals surface area (Å²) in [5, 5.41) is 0. The SMILES string of the molecule is CCCCCCCCOCC(C)OC(=O)CC(=O)C(CC)CC(C)C. The van der Waals surface area contributed by atoms with Crippen molar-refractivity contribution in [1.29, 1.82) is 0 Å². The zero-order chi connectivity index (χ0) is 19.1. The molecule has 0 fully saturated rings. The van der Waals surface area contributed by atoms with Crippen LogP contribution in [0.2, 0.25) is 0 Å². The molecule has 0 aromatic rings. The van der Waals surface area contributed by atoms with Gasteiger partial charge in [-0.3, -0.25) is 9.59 Å². The Balaban J connectivity index is 3.81. The fourth-order valence-electron chi connectivity index (χ4n) is 2.92. The zero-order valence-electron chi connectivity index (χ0n) is 17.1. The molecule has 0 aromatic carbocycles. The van der Waals surface area contributed by atoms with Crippen LogP contribution in [0.4, 0.5) is 0 Å². The summed E-state index contributed by atoms with van der Waals surface area (Å²) >= 11 is 0. The van der Waals surface area contributed by atoms with Gasteiger partial charge in [0.2, 0.25) is 0 Å². The van der Waals surface area contributed by atoms with E-state index in [4.69, 9.17) is 9.47 Å². The van der Waals surface area contributed by atoms with Crippen molar-refractivity contribution in [1.82, 2.24) is 0 Å². The van der Waals surface area contributed by atoms with Crippen molar-refractivity contribution >= 4 is 11.8 Å². The van der Waals surface area contributed by atoms with Crippen LogP contribution in [0, 0.1) is 11.8 Å². The molecule has 0 radical (unpaired) electrons. The molecule has 0 N–H and O–H groups in total. The van der Waals surface area contributed by atoms with E-state index in [0.29, 0.717) is 19.1 Å². The molecule has 0 amide bonds. The minimum Gasteiger partial charge on any atom is -0.460 e. The van der Waals surface area contributed by atoms with Crippen LogP contribution in [0.5, 0.6) is 0 Å². The van der Waals surface area contributed by atoms with E-state index < -0.39 is 5.97 Å². The lowest BCUT2D eigenvalue weighted by molar-refractivity contribution is -0.153. The molecule has 0 saturated heterocycles. The van der Waals surface area contributed by atoms with E-state index in [1.54, 1.807) is 0 Å². The highest BCUT2D eigenvalue weighted by molar-refractivity contribution is 5.96. The van der Waals surface area contributed by atoms with Crippen molar-refractivity contribution in [2.45, 2.75) is 98.5 Å². The lowest BCUT2D eigenvalue weighted by Gasteiger charge is -2.17. The summed E-state index contributed by atoms with van der Waals surface area (Å²) in [5.41, 5.74) is 0. The Morgan fingerprint density at radius 1 is 0.920 bits per heavy atom. The summed E-state index contributed by atoms with van der Waals surface area (Å²) in [7, 11) is 0. The van der Waals surface area contributed by atoms with Gasteiger partial charge in [0, 0.05) is 12.5 Å². The van der Waals surface area contributed by atoms with E-state index in [1.165, 1.54) is 32.1 Å². The van der Waals surface area contributed by atoms with E-state index >= 15 is 0 Å². The minimum absolute atomic E-state index is 0.00129. The molecule has 0 heterocycles. The van der Waals surface area contributed by atoms with Gasteiger partial charge in [-0.15, -0.1) is 0 Å². The van der Waals surface area contributed by atoms with Gasteiger partial charge in [0.05, 0.1) is 6.61 Å². The van der Waals surface area contributed by atoms with E-state index in [1.807, 2.05) is 13.8 Å². The first-order valence-electron chi connectivity index (χ1n) is 10.2. The number of carbonyl (C=O) groups is 2. The molecule has 0 spiro atoms. The summed E-state index contributed by atoms with van der Waals surface area (Å²) in [6.07, 6.45) is 8.57. The molecule has 0 saturated carbocycles. The van der Waals surface area contributed by atoms with Gasteiger partial charge < -0.3 is 9.47 Å². The number of rotatable bonds is 16. The first-order chi connectivity index (χ1) is 11.9. The van der Waals surface area contributed by atoms with E-state index in [2.05, 4.69) is 20.8 Å². The topological polar surface area (TPSA) is 52.6 Å². The molecule has 0 rings (SSSR count). The Hall–Kier alpha value is -0.900. The number of esters is 1. The van der Waals surface area contributed by atoms with E-state index in [0.717, 1.165) is 19.3 Å². The Kier molecular flexibility index (Phi) is 14.8. The standard InChI is InChI=1S/C21H40O4/c1-6-8-9-10-11-12-13-24-16-18(5)25-21(23)15-20(22)19(7-2)14-17(3)4/h17-19H,6-16H2,1-5H3. The van der Waals surface area contributed by atoms with Gasteiger partial charge in [-0.05, 0) is 32.1 Å². The second-order valence-corrected chi connectivity index (χ2v) is 7.52. The summed E-state index contributed by atoms with van der Waals surface area (Å²) in [6.45, 7) is 11.3. The quantitative estimate of drug-likeness (QED) is 0.213. The second-order valence-electron chi connectivity index (χ2n) is 7.52. The minimum atomic E-state index is -0.428. The molecule has 0 aliphatic rings. The molecule has 148 valence electrons. The molecule has 25 heavy (non-hydrogen) atoms. The van der Waals surface area contributed by atoms with Gasteiger partial charge in [0.15, 0.2) is 0 Å². The first-order valence-corrected chi connectivity index (χ1v) is 10.2. The first kappa shape index (κ1) is 24.1. The normalized spacial score (nSPS) is 13.7. The number of hydrogen-bond acceptors (Lipinski definition) is 4. The number of ketones is 1. The fraction of sp³-hybridized carbons (Fsp3) is 0.905. The smallest absolute Gasteiger partial charge is 0.313 e. The lowest BCUT2D eigenvalue weighted by atomic mass is 9.90. The Labute approximate surface area is 155 Å². The van der Waals surface area contributed by atoms with Crippen LogP contribution in [0.3, 0.4) is 0 Å². The maximum absolute atomic E-state index is 12.2. The van der Waals surface area contributed by atoms with Crippen molar-refractivity contribution in [2.75, 3.05) is 13.2 Å². The number of unbranched alkanes of at least 4 members (excludes halogenated alkanes) is 5. The summed E-state index contributed by atoms with van der Waals surface area (Å²) in [6, 6.07) is 0. The van der Waals surface area contributed by atoms with Crippen LogP contribution in [-0.2, 0) is 19.1 Å². The van der Waals surface area contributed by atoms with Crippen molar-refractivity contribution in [2.24, 2.45) is 11.8 Å². The van der Waals surface area contributed by atoms with Gasteiger partial charge in [0.1, 0.15) is 18.3 Å². The number of ether oxygens (including phenoxy) is 2. The Bertz CT molecular complexity index is 352. The molecule has 0 aliphatic heterocycles. The summed E-state index contributed by atoms with van der Waals surface area (Å²) in [4.78, 5) is 24.1. The van der Waals surface area contributed by atoms with Gasteiger partial charge in [0.25, 0.3) is 0 Å². The molecule has 4 heteroatoms.